The SMILES string of the molecule is COc1ccc(CCNC(=O)COC(=O)C23C[C@@H]4C[C@@H](CC(Cl)(C4)C2)C3)cc1. The molecule has 2 unspecified atom stereocenters. The molecule has 152 valence electrons. The quantitative estimate of drug-likeness (QED) is 0.557. The molecule has 5 nitrogen and oxygen atoms in total. The van der Waals surface area contributed by atoms with E-state index in [4.69, 9.17) is 21.1 Å². The second-order valence-corrected chi connectivity index (χ2v) is 9.72. The highest BCUT2D eigenvalue weighted by atomic mass is 35.5. The van der Waals surface area contributed by atoms with Crippen molar-refractivity contribution in [2.45, 2.75) is 49.8 Å². The van der Waals surface area contributed by atoms with E-state index in [1.807, 2.05) is 24.3 Å². The number of hydrogen-bond donors (Lipinski definition) is 1. The molecule has 4 bridgehead atoms. The van der Waals surface area contributed by atoms with Gasteiger partial charge in [-0.15, -0.1) is 11.6 Å². The Morgan fingerprint density at radius 2 is 1.82 bits per heavy atom. The Balaban J connectivity index is 1.23. The number of rotatable bonds is 7. The van der Waals surface area contributed by atoms with Gasteiger partial charge in [0, 0.05) is 11.4 Å². The molecule has 4 saturated carbocycles. The van der Waals surface area contributed by atoms with E-state index in [-0.39, 0.29) is 23.4 Å². The third-order valence-electron chi connectivity index (χ3n) is 6.65. The number of halogens is 1. The van der Waals surface area contributed by atoms with Crippen LogP contribution in [0.5, 0.6) is 5.75 Å². The standard InChI is InChI=1S/C22H28ClNO4/c1-27-18-4-2-15(3-5-18)6-7-24-19(25)13-28-20(26)21-9-16-8-17(10-21)12-22(23,11-16)14-21/h2-5,16-17H,6-14H2,1H3,(H,24,25)/t16-,17+,21?,22?. The molecule has 1 amide bonds. The smallest absolute Gasteiger partial charge is 0.312 e. The number of carbonyl (C=O) groups is 2. The Morgan fingerprint density at radius 1 is 1.14 bits per heavy atom. The molecule has 0 aromatic heterocycles. The van der Waals surface area contributed by atoms with Crippen LogP contribution in [0.15, 0.2) is 24.3 Å². The highest BCUT2D eigenvalue weighted by Gasteiger charge is 2.60. The van der Waals surface area contributed by atoms with Crippen LogP contribution >= 0.6 is 11.6 Å². The molecule has 0 heterocycles. The first-order valence-corrected chi connectivity index (χ1v) is 10.5. The predicted molar refractivity (Wildman–Crippen MR) is 106 cm³/mol. The van der Waals surface area contributed by atoms with Gasteiger partial charge in [-0.3, -0.25) is 9.59 Å². The number of amides is 1. The molecule has 28 heavy (non-hydrogen) atoms. The van der Waals surface area contributed by atoms with E-state index in [1.54, 1.807) is 7.11 Å². The second-order valence-electron chi connectivity index (χ2n) is 8.92. The molecule has 1 N–H and O–H groups in total. The average Bonchev–Trinajstić information content (AvgIpc) is 2.64. The van der Waals surface area contributed by atoms with Crippen LogP contribution in [-0.2, 0) is 20.7 Å². The maximum Gasteiger partial charge on any atom is 0.312 e. The minimum Gasteiger partial charge on any atom is -0.497 e. The van der Waals surface area contributed by atoms with Crippen molar-refractivity contribution in [3.05, 3.63) is 29.8 Å². The lowest BCUT2D eigenvalue weighted by Gasteiger charge is -2.58. The van der Waals surface area contributed by atoms with Gasteiger partial charge in [-0.1, -0.05) is 12.1 Å². The summed E-state index contributed by atoms with van der Waals surface area (Å²) in [7, 11) is 1.63. The van der Waals surface area contributed by atoms with Gasteiger partial charge in [0.1, 0.15) is 5.75 Å². The lowest BCUT2D eigenvalue weighted by atomic mass is 9.49. The van der Waals surface area contributed by atoms with Gasteiger partial charge in [-0.05, 0) is 74.5 Å². The largest absolute Gasteiger partial charge is 0.497 e. The molecule has 4 fully saturated rings. The topological polar surface area (TPSA) is 64.6 Å². The maximum absolute atomic E-state index is 12.8. The molecule has 0 aliphatic heterocycles. The monoisotopic (exact) mass is 405 g/mol. The van der Waals surface area contributed by atoms with E-state index in [0.717, 1.165) is 37.0 Å². The van der Waals surface area contributed by atoms with E-state index in [9.17, 15) is 9.59 Å². The van der Waals surface area contributed by atoms with Crippen molar-refractivity contribution < 1.29 is 19.1 Å². The minimum atomic E-state index is -0.463. The van der Waals surface area contributed by atoms with E-state index in [1.165, 1.54) is 6.42 Å². The molecule has 0 radical (unpaired) electrons. The lowest BCUT2D eigenvalue weighted by Crippen LogP contribution is -2.56. The number of esters is 1. The van der Waals surface area contributed by atoms with Crippen molar-refractivity contribution in [2.24, 2.45) is 17.3 Å². The van der Waals surface area contributed by atoms with Crippen molar-refractivity contribution in [1.29, 1.82) is 0 Å². The summed E-state index contributed by atoms with van der Waals surface area (Å²) in [5, 5.41) is 2.82. The van der Waals surface area contributed by atoms with Crippen LogP contribution in [0, 0.1) is 17.3 Å². The normalized spacial score (nSPS) is 32.8. The van der Waals surface area contributed by atoms with Crippen LogP contribution in [0.3, 0.4) is 0 Å². The third kappa shape index (κ3) is 4.00. The summed E-state index contributed by atoms with van der Waals surface area (Å²) < 4.78 is 10.6. The summed E-state index contributed by atoms with van der Waals surface area (Å²) in [5.74, 6) is 1.39. The van der Waals surface area contributed by atoms with Gasteiger partial charge in [-0.2, -0.15) is 0 Å². The molecule has 4 aliphatic carbocycles. The fourth-order valence-corrected chi connectivity index (χ4v) is 6.56. The van der Waals surface area contributed by atoms with Crippen molar-refractivity contribution in [3.63, 3.8) is 0 Å². The maximum atomic E-state index is 12.8. The lowest BCUT2D eigenvalue weighted by molar-refractivity contribution is -0.171. The van der Waals surface area contributed by atoms with E-state index in [2.05, 4.69) is 5.32 Å². The zero-order valence-corrected chi connectivity index (χ0v) is 17.1. The third-order valence-corrected chi connectivity index (χ3v) is 7.09. The molecule has 1 aromatic carbocycles. The summed E-state index contributed by atoms with van der Waals surface area (Å²) >= 11 is 6.78. The van der Waals surface area contributed by atoms with Crippen molar-refractivity contribution >= 4 is 23.5 Å². The molecule has 1 aromatic rings. The first kappa shape index (κ1) is 19.6. The number of methoxy groups -OCH3 is 1. The molecular formula is C22H28ClNO4. The summed E-state index contributed by atoms with van der Waals surface area (Å²) in [6, 6.07) is 7.74. The fourth-order valence-electron chi connectivity index (χ4n) is 5.86. The van der Waals surface area contributed by atoms with E-state index in [0.29, 0.717) is 31.2 Å². The van der Waals surface area contributed by atoms with Crippen molar-refractivity contribution in [2.75, 3.05) is 20.3 Å². The Bertz CT molecular complexity index is 733. The van der Waals surface area contributed by atoms with Crippen molar-refractivity contribution in [3.8, 4) is 5.75 Å². The first-order chi connectivity index (χ1) is 13.4. The van der Waals surface area contributed by atoms with Gasteiger partial charge in [0.05, 0.1) is 12.5 Å². The summed E-state index contributed by atoms with van der Waals surface area (Å²) in [6.45, 7) is 0.288. The Hall–Kier alpha value is -1.75. The summed E-state index contributed by atoms with van der Waals surface area (Å²) in [6.07, 6.45) is 6.39. The molecular weight excluding hydrogens is 378 g/mol. The summed E-state index contributed by atoms with van der Waals surface area (Å²) in [5.41, 5.74) is 0.647. The molecule has 6 heteroatoms. The van der Waals surface area contributed by atoms with Gasteiger partial charge in [-0.25, -0.2) is 0 Å². The first-order valence-electron chi connectivity index (χ1n) is 10.2. The van der Waals surface area contributed by atoms with Crippen LogP contribution in [0.25, 0.3) is 0 Å². The van der Waals surface area contributed by atoms with Crippen LogP contribution in [-0.4, -0.2) is 37.0 Å². The summed E-state index contributed by atoms with van der Waals surface area (Å²) in [4.78, 5) is 24.7. The Labute approximate surface area is 171 Å². The van der Waals surface area contributed by atoms with Crippen LogP contribution in [0.2, 0.25) is 0 Å². The van der Waals surface area contributed by atoms with Gasteiger partial charge < -0.3 is 14.8 Å². The molecule has 4 aliphatic rings. The predicted octanol–water partition coefficient (Wildman–Crippen LogP) is 3.47. The van der Waals surface area contributed by atoms with Crippen LogP contribution < -0.4 is 10.1 Å². The number of nitrogens with one attached hydrogen (secondary N) is 1. The highest BCUT2D eigenvalue weighted by Crippen LogP contribution is 2.64. The zero-order valence-electron chi connectivity index (χ0n) is 16.3. The fraction of sp³-hybridized carbons (Fsp3) is 0.636. The van der Waals surface area contributed by atoms with Gasteiger partial charge >= 0.3 is 5.97 Å². The van der Waals surface area contributed by atoms with E-state index >= 15 is 0 Å². The Morgan fingerprint density at radius 3 is 2.43 bits per heavy atom. The number of alkyl halides is 1. The Kier molecular flexibility index (Phi) is 5.30. The molecule has 5 rings (SSSR count). The van der Waals surface area contributed by atoms with Gasteiger partial charge in [0.15, 0.2) is 6.61 Å². The number of ether oxygens (including phenoxy) is 2. The molecule has 0 saturated heterocycles. The number of benzene rings is 1. The zero-order chi connectivity index (χ0) is 19.8. The van der Waals surface area contributed by atoms with Crippen LogP contribution in [0.4, 0.5) is 0 Å². The van der Waals surface area contributed by atoms with Gasteiger partial charge in [0.25, 0.3) is 5.91 Å². The molecule has 0 spiro atoms. The van der Waals surface area contributed by atoms with Crippen molar-refractivity contribution in [1.82, 2.24) is 5.32 Å². The molecule has 4 atom stereocenters. The minimum absolute atomic E-state index is 0.214. The second kappa shape index (κ2) is 7.58. The average molecular weight is 406 g/mol. The van der Waals surface area contributed by atoms with Crippen LogP contribution in [0.1, 0.15) is 44.1 Å². The number of carbonyl (C=O) groups excluding carboxylic acids is 2. The van der Waals surface area contributed by atoms with Gasteiger partial charge in [0.2, 0.25) is 0 Å². The van der Waals surface area contributed by atoms with E-state index < -0.39 is 5.41 Å². The highest BCUT2D eigenvalue weighted by molar-refractivity contribution is 6.24. The number of hydrogen-bond acceptors (Lipinski definition) is 4.